The Balaban J connectivity index is 1.75. The zero-order valence-corrected chi connectivity index (χ0v) is 12.1. The molecule has 1 aliphatic heterocycles. The van der Waals surface area contributed by atoms with Crippen molar-refractivity contribution in [1.82, 2.24) is 19.8 Å². The molecule has 1 fully saturated rings. The molecule has 20 heavy (non-hydrogen) atoms. The summed E-state index contributed by atoms with van der Waals surface area (Å²) in [6.07, 6.45) is 6.25. The maximum Gasteiger partial charge on any atom is 0.234 e. The Bertz CT molecular complexity index is 433. The Kier molecular flexibility index (Phi) is 5.55. The van der Waals surface area contributed by atoms with E-state index in [-0.39, 0.29) is 12.0 Å². The molecule has 112 valence electrons. The quantitative estimate of drug-likeness (QED) is 0.789. The molecular weight excluding hydrogens is 256 g/mol. The fraction of sp³-hybridized carbons (Fsp3) is 0.714. The molecule has 0 spiro atoms. The first-order valence-electron chi connectivity index (χ1n) is 7.36. The van der Waals surface area contributed by atoms with Gasteiger partial charge in [-0.1, -0.05) is 6.92 Å². The van der Waals surface area contributed by atoms with E-state index in [0.717, 1.165) is 38.2 Å². The summed E-state index contributed by atoms with van der Waals surface area (Å²) in [5.74, 6) is 0.879. The number of aliphatic hydroxyl groups is 1. The predicted octanol–water partition coefficient (Wildman–Crippen LogP) is 0.366. The van der Waals surface area contributed by atoms with Crippen molar-refractivity contribution in [2.24, 2.45) is 0 Å². The number of aliphatic hydroxyl groups excluding tert-OH is 1. The summed E-state index contributed by atoms with van der Waals surface area (Å²) in [4.78, 5) is 18.2. The average Bonchev–Trinajstić information content (AvgIpc) is 2.84. The van der Waals surface area contributed by atoms with Gasteiger partial charge < -0.3 is 15.0 Å². The number of carbonyl (C=O) groups is 1. The summed E-state index contributed by atoms with van der Waals surface area (Å²) >= 11 is 0. The van der Waals surface area contributed by atoms with Gasteiger partial charge in [-0.05, 0) is 25.8 Å². The van der Waals surface area contributed by atoms with Gasteiger partial charge >= 0.3 is 0 Å². The smallest absolute Gasteiger partial charge is 0.234 e. The van der Waals surface area contributed by atoms with Crippen molar-refractivity contribution in [2.75, 3.05) is 19.6 Å². The monoisotopic (exact) mass is 280 g/mol. The zero-order chi connectivity index (χ0) is 14.4. The summed E-state index contributed by atoms with van der Waals surface area (Å²) in [5.41, 5.74) is 0. The van der Waals surface area contributed by atoms with E-state index in [9.17, 15) is 9.90 Å². The lowest BCUT2D eigenvalue weighted by Crippen LogP contribution is -2.44. The molecule has 1 amide bonds. The van der Waals surface area contributed by atoms with Crippen LogP contribution in [-0.2, 0) is 17.9 Å². The minimum absolute atomic E-state index is 0.00912. The van der Waals surface area contributed by atoms with Crippen LogP contribution in [0.3, 0.4) is 0 Å². The van der Waals surface area contributed by atoms with E-state index in [1.165, 1.54) is 0 Å². The Hall–Kier alpha value is -1.40. The molecule has 2 rings (SSSR count). The van der Waals surface area contributed by atoms with E-state index >= 15 is 0 Å². The number of nitrogens with one attached hydrogen (secondary N) is 1. The van der Waals surface area contributed by atoms with Crippen LogP contribution in [0.2, 0.25) is 0 Å². The van der Waals surface area contributed by atoms with Crippen LogP contribution in [0.5, 0.6) is 0 Å². The Morgan fingerprint density at radius 1 is 1.60 bits per heavy atom. The van der Waals surface area contributed by atoms with Crippen LogP contribution in [0, 0.1) is 0 Å². The van der Waals surface area contributed by atoms with E-state index < -0.39 is 0 Å². The second-order valence-electron chi connectivity index (χ2n) is 5.34. The van der Waals surface area contributed by atoms with E-state index in [4.69, 9.17) is 0 Å². The first kappa shape index (κ1) is 15.0. The molecular formula is C14H24N4O2. The fourth-order valence-electron chi connectivity index (χ4n) is 2.56. The number of imidazole rings is 1. The molecule has 2 N–H and O–H groups in total. The lowest BCUT2D eigenvalue weighted by atomic mass is 10.1. The molecule has 0 radical (unpaired) electrons. The second kappa shape index (κ2) is 7.40. The van der Waals surface area contributed by atoms with Crippen molar-refractivity contribution in [3.05, 3.63) is 18.2 Å². The zero-order valence-electron chi connectivity index (χ0n) is 12.1. The molecule has 0 aromatic carbocycles. The molecule has 0 saturated carbocycles. The standard InChI is InChI=1S/C14H24N4O2/c1-2-6-18-8-5-15-13(18)9-16-14(20)11-17-7-3-4-12(19)10-17/h5,8,12,19H,2-4,6-7,9-11H2,1H3,(H,16,20). The minimum atomic E-state index is -0.292. The molecule has 1 aromatic heterocycles. The highest BCUT2D eigenvalue weighted by Crippen LogP contribution is 2.09. The van der Waals surface area contributed by atoms with Gasteiger partial charge in [0.15, 0.2) is 0 Å². The third-order valence-corrected chi connectivity index (χ3v) is 3.56. The fourth-order valence-corrected chi connectivity index (χ4v) is 2.56. The number of amides is 1. The number of aromatic nitrogens is 2. The number of piperidine rings is 1. The van der Waals surface area contributed by atoms with Crippen LogP contribution in [0.15, 0.2) is 12.4 Å². The van der Waals surface area contributed by atoms with Crippen LogP contribution in [0.4, 0.5) is 0 Å². The molecule has 6 nitrogen and oxygen atoms in total. The lowest BCUT2D eigenvalue weighted by Gasteiger charge is -2.29. The topological polar surface area (TPSA) is 70.4 Å². The predicted molar refractivity (Wildman–Crippen MR) is 76.0 cm³/mol. The van der Waals surface area contributed by atoms with Crippen LogP contribution < -0.4 is 5.32 Å². The Morgan fingerprint density at radius 3 is 3.20 bits per heavy atom. The van der Waals surface area contributed by atoms with Gasteiger partial charge in [0.1, 0.15) is 5.82 Å². The molecule has 0 aliphatic carbocycles. The number of nitrogens with zero attached hydrogens (tertiary/aromatic N) is 3. The molecule has 1 aliphatic rings. The van der Waals surface area contributed by atoms with Gasteiger partial charge in [-0.2, -0.15) is 0 Å². The van der Waals surface area contributed by atoms with Gasteiger partial charge in [0.2, 0.25) is 5.91 Å². The summed E-state index contributed by atoms with van der Waals surface area (Å²) in [6, 6.07) is 0. The Labute approximate surface area is 119 Å². The molecule has 6 heteroatoms. The SMILES string of the molecule is CCCn1ccnc1CNC(=O)CN1CCCC(O)C1. The summed E-state index contributed by atoms with van der Waals surface area (Å²) in [6.45, 7) is 5.33. The minimum Gasteiger partial charge on any atom is -0.392 e. The molecule has 1 saturated heterocycles. The third kappa shape index (κ3) is 4.31. The van der Waals surface area contributed by atoms with E-state index in [1.807, 2.05) is 11.1 Å². The number of β-amino-alcohol motifs (C(OH)–C–C–N with tert-alkyl or cyclic N) is 1. The molecule has 2 heterocycles. The van der Waals surface area contributed by atoms with Gasteiger partial charge in [0, 0.05) is 25.5 Å². The van der Waals surface area contributed by atoms with Crippen molar-refractivity contribution in [3.8, 4) is 0 Å². The molecule has 1 atom stereocenters. The van der Waals surface area contributed by atoms with Crippen LogP contribution in [0.1, 0.15) is 32.0 Å². The highest BCUT2D eigenvalue weighted by atomic mass is 16.3. The average molecular weight is 280 g/mol. The van der Waals surface area contributed by atoms with Crippen molar-refractivity contribution < 1.29 is 9.90 Å². The number of hydrogen-bond donors (Lipinski definition) is 2. The third-order valence-electron chi connectivity index (χ3n) is 3.56. The maximum absolute atomic E-state index is 11.9. The van der Waals surface area contributed by atoms with Gasteiger partial charge in [-0.25, -0.2) is 4.98 Å². The van der Waals surface area contributed by atoms with Gasteiger partial charge in [0.05, 0.1) is 19.2 Å². The number of hydrogen-bond acceptors (Lipinski definition) is 4. The molecule has 1 aromatic rings. The highest BCUT2D eigenvalue weighted by Gasteiger charge is 2.19. The molecule has 0 bridgehead atoms. The van der Waals surface area contributed by atoms with Crippen molar-refractivity contribution in [3.63, 3.8) is 0 Å². The van der Waals surface area contributed by atoms with Gasteiger partial charge in [0.25, 0.3) is 0 Å². The van der Waals surface area contributed by atoms with E-state index in [0.29, 0.717) is 19.6 Å². The Morgan fingerprint density at radius 2 is 2.45 bits per heavy atom. The number of aryl methyl sites for hydroxylation is 1. The normalized spacial score (nSPS) is 20.0. The first-order chi connectivity index (χ1) is 9.69. The van der Waals surface area contributed by atoms with Crippen LogP contribution in [0.25, 0.3) is 0 Å². The summed E-state index contributed by atoms with van der Waals surface area (Å²) in [7, 11) is 0. The van der Waals surface area contributed by atoms with E-state index in [1.54, 1.807) is 6.20 Å². The summed E-state index contributed by atoms with van der Waals surface area (Å²) < 4.78 is 2.06. The lowest BCUT2D eigenvalue weighted by molar-refractivity contribution is -0.123. The van der Waals surface area contributed by atoms with Gasteiger partial charge in [-0.3, -0.25) is 9.69 Å². The number of carbonyl (C=O) groups excluding carboxylic acids is 1. The summed E-state index contributed by atoms with van der Waals surface area (Å²) in [5, 5.41) is 12.5. The number of rotatable bonds is 6. The molecule has 1 unspecified atom stereocenters. The number of likely N-dealkylation sites (tertiary alicyclic amines) is 1. The van der Waals surface area contributed by atoms with Crippen molar-refractivity contribution in [2.45, 2.75) is 45.4 Å². The highest BCUT2D eigenvalue weighted by molar-refractivity contribution is 5.77. The largest absolute Gasteiger partial charge is 0.392 e. The van der Waals surface area contributed by atoms with Gasteiger partial charge in [-0.15, -0.1) is 0 Å². The first-order valence-corrected chi connectivity index (χ1v) is 7.36. The van der Waals surface area contributed by atoms with E-state index in [2.05, 4.69) is 21.8 Å². The van der Waals surface area contributed by atoms with Crippen LogP contribution in [-0.4, -0.2) is 51.2 Å². The second-order valence-corrected chi connectivity index (χ2v) is 5.34. The maximum atomic E-state index is 11.9. The van der Waals surface area contributed by atoms with Crippen LogP contribution >= 0.6 is 0 Å². The van der Waals surface area contributed by atoms with Crippen molar-refractivity contribution in [1.29, 1.82) is 0 Å². The van der Waals surface area contributed by atoms with Crippen molar-refractivity contribution >= 4 is 5.91 Å².